The van der Waals surface area contributed by atoms with Crippen molar-refractivity contribution in [3.63, 3.8) is 0 Å². The maximum atomic E-state index is 5.77. The molecule has 0 saturated heterocycles. The molecule has 4 rings (SSSR count). The average molecular weight is 308 g/mol. The van der Waals surface area contributed by atoms with Crippen molar-refractivity contribution in [2.45, 2.75) is 32.3 Å². The van der Waals surface area contributed by atoms with Crippen LogP contribution in [0.3, 0.4) is 0 Å². The monoisotopic (exact) mass is 308 g/mol. The molecule has 0 spiro atoms. The molecule has 3 aromatic rings. The molecule has 116 valence electrons. The van der Waals surface area contributed by atoms with Crippen LogP contribution in [0.2, 0.25) is 0 Å². The molecule has 0 N–H and O–H groups in total. The largest absolute Gasteiger partial charge is 0.468 e. The molecule has 1 aliphatic rings. The minimum atomic E-state index is 0.267. The number of aryl methyl sites for hydroxylation is 1. The zero-order chi connectivity index (χ0) is 15.5. The smallest absolute Gasteiger partial charge is 0.232 e. The van der Waals surface area contributed by atoms with Crippen molar-refractivity contribution in [1.82, 2.24) is 19.9 Å². The van der Waals surface area contributed by atoms with Gasteiger partial charge in [0.05, 0.1) is 6.20 Å². The first kappa shape index (κ1) is 13.9. The molecule has 3 heterocycles. The lowest BCUT2D eigenvalue weighted by Crippen LogP contribution is -2.09. The number of hydrogen-bond donors (Lipinski definition) is 0. The molecule has 0 saturated carbocycles. The van der Waals surface area contributed by atoms with Crippen LogP contribution in [0.1, 0.15) is 30.0 Å². The predicted molar refractivity (Wildman–Crippen MR) is 82.7 cm³/mol. The van der Waals surface area contributed by atoms with Crippen LogP contribution in [0.15, 0.2) is 41.7 Å². The van der Waals surface area contributed by atoms with Gasteiger partial charge in [-0.2, -0.15) is 0 Å². The highest BCUT2D eigenvalue weighted by Crippen LogP contribution is 2.33. The molecule has 0 aliphatic heterocycles. The second kappa shape index (κ2) is 6.16. The molecule has 0 aromatic carbocycles. The van der Waals surface area contributed by atoms with E-state index in [1.54, 1.807) is 6.20 Å². The van der Waals surface area contributed by atoms with E-state index in [1.807, 2.05) is 18.5 Å². The maximum absolute atomic E-state index is 5.77. The minimum Gasteiger partial charge on any atom is -0.468 e. The van der Waals surface area contributed by atoms with Crippen molar-refractivity contribution in [3.05, 3.63) is 54.4 Å². The standard InChI is InChI=1S/C17H16N4O2/c1-2-4-15-13(3-1)14(12-8-18-11-19-9-12)7-16(21-15)23-10-17-20-5-6-22-17/h5-9,11H,1-4,10H2. The molecule has 0 bridgehead atoms. The second-order valence-corrected chi connectivity index (χ2v) is 5.48. The van der Waals surface area contributed by atoms with Gasteiger partial charge in [-0.05, 0) is 36.8 Å². The van der Waals surface area contributed by atoms with Gasteiger partial charge in [0.1, 0.15) is 12.6 Å². The summed E-state index contributed by atoms with van der Waals surface area (Å²) in [5, 5.41) is 0. The van der Waals surface area contributed by atoms with Crippen LogP contribution in [0.25, 0.3) is 11.1 Å². The SMILES string of the molecule is c1ncc(-c2cc(OCc3ncco3)nc3c2CCCC3)cn1. The molecular weight excluding hydrogens is 292 g/mol. The van der Waals surface area contributed by atoms with E-state index >= 15 is 0 Å². The summed E-state index contributed by atoms with van der Waals surface area (Å²) >= 11 is 0. The van der Waals surface area contributed by atoms with Gasteiger partial charge in [-0.25, -0.2) is 19.9 Å². The summed E-state index contributed by atoms with van der Waals surface area (Å²) < 4.78 is 11.0. The second-order valence-electron chi connectivity index (χ2n) is 5.48. The highest BCUT2D eigenvalue weighted by Gasteiger charge is 2.18. The Kier molecular flexibility index (Phi) is 3.71. The highest BCUT2D eigenvalue weighted by molar-refractivity contribution is 5.68. The van der Waals surface area contributed by atoms with Crippen LogP contribution < -0.4 is 4.74 Å². The van der Waals surface area contributed by atoms with Gasteiger partial charge < -0.3 is 9.15 Å². The Morgan fingerprint density at radius 1 is 1.13 bits per heavy atom. The lowest BCUT2D eigenvalue weighted by Gasteiger charge is -2.19. The lowest BCUT2D eigenvalue weighted by molar-refractivity contribution is 0.253. The summed E-state index contributed by atoms with van der Waals surface area (Å²) in [6, 6.07) is 1.96. The molecule has 3 aromatic heterocycles. The summed E-state index contributed by atoms with van der Waals surface area (Å²) in [4.78, 5) is 17.0. The van der Waals surface area contributed by atoms with Crippen LogP contribution >= 0.6 is 0 Å². The van der Waals surface area contributed by atoms with Gasteiger partial charge in [0.2, 0.25) is 11.8 Å². The van der Waals surface area contributed by atoms with E-state index in [0.29, 0.717) is 11.8 Å². The third kappa shape index (κ3) is 2.92. The molecule has 0 atom stereocenters. The van der Waals surface area contributed by atoms with Crippen LogP contribution in [0, 0.1) is 0 Å². The Labute approximate surface area is 133 Å². The average Bonchev–Trinajstić information content (AvgIpc) is 3.13. The molecule has 0 radical (unpaired) electrons. The van der Waals surface area contributed by atoms with Crippen LogP contribution in [-0.2, 0) is 19.4 Å². The minimum absolute atomic E-state index is 0.267. The zero-order valence-electron chi connectivity index (χ0n) is 12.6. The number of pyridine rings is 1. The summed E-state index contributed by atoms with van der Waals surface area (Å²) in [6.45, 7) is 0.267. The van der Waals surface area contributed by atoms with E-state index in [0.717, 1.165) is 36.1 Å². The fourth-order valence-corrected chi connectivity index (χ4v) is 2.91. The molecule has 6 heteroatoms. The van der Waals surface area contributed by atoms with E-state index in [2.05, 4.69) is 19.9 Å². The van der Waals surface area contributed by atoms with Crippen molar-refractivity contribution in [1.29, 1.82) is 0 Å². The normalized spacial score (nSPS) is 13.6. The van der Waals surface area contributed by atoms with Gasteiger partial charge in [0, 0.05) is 29.7 Å². The first-order chi connectivity index (χ1) is 11.4. The summed E-state index contributed by atoms with van der Waals surface area (Å²) in [7, 11) is 0. The van der Waals surface area contributed by atoms with E-state index in [1.165, 1.54) is 24.6 Å². The fraction of sp³-hybridized carbons (Fsp3) is 0.294. The molecule has 6 nitrogen and oxygen atoms in total. The number of aromatic nitrogens is 4. The summed E-state index contributed by atoms with van der Waals surface area (Å²) in [5.74, 6) is 1.12. The van der Waals surface area contributed by atoms with E-state index < -0.39 is 0 Å². The number of ether oxygens (including phenoxy) is 1. The molecule has 0 fully saturated rings. The van der Waals surface area contributed by atoms with Gasteiger partial charge in [0.15, 0.2) is 6.61 Å². The van der Waals surface area contributed by atoms with E-state index in [-0.39, 0.29) is 6.61 Å². The van der Waals surface area contributed by atoms with Crippen molar-refractivity contribution >= 4 is 0 Å². The molecule has 0 unspecified atom stereocenters. The fourth-order valence-electron chi connectivity index (χ4n) is 2.91. The quantitative estimate of drug-likeness (QED) is 0.737. The Hall–Kier alpha value is -2.76. The Bertz CT molecular complexity index is 788. The maximum Gasteiger partial charge on any atom is 0.232 e. The van der Waals surface area contributed by atoms with Crippen molar-refractivity contribution in [3.8, 4) is 17.0 Å². The van der Waals surface area contributed by atoms with Gasteiger partial charge in [0.25, 0.3) is 0 Å². The van der Waals surface area contributed by atoms with Crippen molar-refractivity contribution in [2.24, 2.45) is 0 Å². The van der Waals surface area contributed by atoms with E-state index in [4.69, 9.17) is 9.15 Å². The third-order valence-corrected chi connectivity index (χ3v) is 3.98. The molecule has 1 aliphatic carbocycles. The molecular formula is C17H16N4O2. The Balaban J connectivity index is 1.70. The summed E-state index contributed by atoms with van der Waals surface area (Å²) in [6.07, 6.45) is 12.7. The zero-order valence-corrected chi connectivity index (χ0v) is 12.6. The molecule has 0 amide bonds. The number of oxazole rings is 1. The van der Waals surface area contributed by atoms with Gasteiger partial charge in [-0.15, -0.1) is 0 Å². The van der Waals surface area contributed by atoms with Gasteiger partial charge >= 0.3 is 0 Å². The third-order valence-electron chi connectivity index (χ3n) is 3.98. The number of hydrogen-bond acceptors (Lipinski definition) is 6. The van der Waals surface area contributed by atoms with Crippen molar-refractivity contribution < 1.29 is 9.15 Å². The van der Waals surface area contributed by atoms with Crippen LogP contribution in [0.4, 0.5) is 0 Å². The summed E-state index contributed by atoms with van der Waals surface area (Å²) in [5.41, 5.74) is 4.50. The highest BCUT2D eigenvalue weighted by atomic mass is 16.5. The first-order valence-corrected chi connectivity index (χ1v) is 7.69. The number of rotatable bonds is 4. The van der Waals surface area contributed by atoms with Gasteiger partial charge in [-0.3, -0.25) is 0 Å². The van der Waals surface area contributed by atoms with Crippen LogP contribution in [-0.4, -0.2) is 19.9 Å². The number of fused-ring (bicyclic) bond motifs is 1. The Morgan fingerprint density at radius 3 is 2.83 bits per heavy atom. The van der Waals surface area contributed by atoms with Gasteiger partial charge in [-0.1, -0.05) is 0 Å². The first-order valence-electron chi connectivity index (χ1n) is 7.69. The van der Waals surface area contributed by atoms with Crippen molar-refractivity contribution in [2.75, 3.05) is 0 Å². The molecule has 23 heavy (non-hydrogen) atoms. The van der Waals surface area contributed by atoms with E-state index in [9.17, 15) is 0 Å². The Morgan fingerprint density at radius 2 is 2.00 bits per heavy atom. The van der Waals surface area contributed by atoms with Crippen LogP contribution in [0.5, 0.6) is 5.88 Å². The lowest BCUT2D eigenvalue weighted by atomic mass is 9.90. The number of nitrogens with zero attached hydrogens (tertiary/aromatic N) is 4. The predicted octanol–water partition coefficient (Wildman–Crippen LogP) is 2.98. The topological polar surface area (TPSA) is 73.9 Å².